The Hall–Kier alpha value is -2.58. The van der Waals surface area contributed by atoms with Crippen molar-refractivity contribution in [2.24, 2.45) is 0 Å². The summed E-state index contributed by atoms with van der Waals surface area (Å²) in [7, 11) is 0. The summed E-state index contributed by atoms with van der Waals surface area (Å²) in [4.78, 5) is 17.6. The zero-order valence-corrected chi connectivity index (χ0v) is 16.2. The summed E-state index contributed by atoms with van der Waals surface area (Å²) in [5.74, 6) is -1.14. The lowest BCUT2D eigenvalue weighted by Crippen LogP contribution is -2.16. The van der Waals surface area contributed by atoms with Crippen molar-refractivity contribution in [3.8, 4) is 11.3 Å². The summed E-state index contributed by atoms with van der Waals surface area (Å²) in [6.45, 7) is 0. The number of halogens is 3. The molecule has 0 unspecified atom stereocenters. The van der Waals surface area contributed by atoms with Gasteiger partial charge in [0.15, 0.2) is 4.96 Å². The Morgan fingerprint density at radius 3 is 2.70 bits per heavy atom. The molecule has 0 spiro atoms. The van der Waals surface area contributed by atoms with Gasteiger partial charge < -0.3 is 5.32 Å². The smallest absolute Gasteiger partial charge is 0.230 e. The SMILES string of the molecule is O=C(Cc1csc2nc(-c3ccc(F)cc3)cn12)Nc1ccc(Br)cc1F. The predicted octanol–water partition coefficient (Wildman–Crippen LogP) is 5.28. The Morgan fingerprint density at radius 2 is 1.96 bits per heavy atom. The first-order valence-electron chi connectivity index (χ1n) is 7.96. The first kappa shape index (κ1) is 17.8. The lowest BCUT2D eigenvalue weighted by atomic mass is 10.2. The van der Waals surface area contributed by atoms with Gasteiger partial charge in [0.05, 0.1) is 17.8 Å². The van der Waals surface area contributed by atoms with Gasteiger partial charge in [0, 0.05) is 27.3 Å². The number of anilines is 1. The third-order valence-corrected chi connectivity index (χ3v) is 5.35. The van der Waals surface area contributed by atoms with Gasteiger partial charge in [-0.05, 0) is 42.5 Å². The fourth-order valence-corrected chi connectivity index (χ4v) is 3.87. The van der Waals surface area contributed by atoms with E-state index in [2.05, 4.69) is 26.2 Å². The number of hydrogen-bond donors (Lipinski definition) is 1. The van der Waals surface area contributed by atoms with Gasteiger partial charge in [0.1, 0.15) is 11.6 Å². The van der Waals surface area contributed by atoms with Gasteiger partial charge in [0.2, 0.25) is 5.91 Å². The molecule has 8 heteroatoms. The van der Waals surface area contributed by atoms with Crippen LogP contribution in [0.3, 0.4) is 0 Å². The van der Waals surface area contributed by atoms with E-state index in [0.29, 0.717) is 10.2 Å². The molecule has 1 amide bonds. The summed E-state index contributed by atoms with van der Waals surface area (Å²) in [5.41, 5.74) is 2.36. The van der Waals surface area contributed by atoms with Crippen LogP contribution in [0.15, 0.2) is 58.5 Å². The number of benzene rings is 2. The van der Waals surface area contributed by atoms with Gasteiger partial charge >= 0.3 is 0 Å². The normalized spacial score (nSPS) is 11.1. The van der Waals surface area contributed by atoms with E-state index in [4.69, 9.17) is 0 Å². The summed E-state index contributed by atoms with van der Waals surface area (Å²) < 4.78 is 29.4. The number of fused-ring (bicyclic) bond motifs is 1. The largest absolute Gasteiger partial charge is 0.323 e. The van der Waals surface area contributed by atoms with Crippen LogP contribution in [-0.2, 0) is 11.2 Å². The van der Waals surface area contributed by atoms with Crippen LogP contribution in [0.1, 0.15) is 5.69 Å². The number of nitrogens with one attached hydrogen (secondary N) is 1. The van der Waals surface area contributed by atoms with Crippen LogP contribution >= 0.6 is 27.3 Å². The molecule has 0 aliphatic rings. The van der Waals surface area contributed by atoms with Crippen LogP contribution in [0.5, 0.6) is 0 Å². The number of carbonyl (C=O) groups excluding carboxylic acids is 1. The second kappa shape index (κ2) is 7.21. The minimum absolute atomic E-state index is 0.0781. The summed E-state index contributed by atoms with van der Waals surface area (Å²) in [6, 6.07) is 10.5. The monoisotopic (exact) mass is 447 g/mol. The van der Waals surface area contributed by atoms with Crippen LogP contribution in [0, 0.1) is 11.6 Å². The molecule has 4 nitrogen and oxygen atoms in total. The van der Waals surface area contributed by atoms with Gasteiger partial charge in [-0.25, -0.2) is 13.8 Å². The van der Waals surface area contributed by atoms with E-state index in [0.717, 1.165) is 16.2 Å². The second-order valence-electron chi connectivity index (χ2n) is 5.86. The highest BCUT2D eigenvalue weighted by Gasteiger charge is 2.14. The Labute approximate surface area is 165 Å². The number of thiazole rings is 1. The molecule has 2 heterocycles. The number of nitrogens with zero attached hydrogens (tertiary/aromatic N) is 2. The van der Waals surface area contributed by atoms with Crippen LogP contribution in [0.4, 0.5) is 14.5 Å². The number of amides is 1. The fraction of sp³-hybridized carbons (Fsp3) is 0.0526. The summed E-state index contributed by atoms with van der Waals surface area (Å²) in [6.07, 6.45) is 1.89. The minimum Gasteiger partial charge on any atom is -0.323 e. The van der Waals surface area contributed by atoms with Crippen molar-refractivity contribution in [2.45, 2.75) is 6.42 Å². The summed E-state index contributed by atoms with van der Waals surface area (Å²) in [5, 5.41) is 4.42. The van der Waals surface area contributed by atoms with Crippen molar-refractivity contribution < 1.29 is 13.6 Å². The van der Waals surface area contributed by atoms with E-state index < -0.39 is 5.82 Å². The van der Waals surface area contributed by atoms with Gasteiger partial charge in [-0.15, -0.1) is 11.3 Å². The Bertz CT molecular complexity index is 1140. The van der Waals surface area contributed by atoms with E-state index in [-0.39, 0.29) is 23.8 Å². The molecule has 2 aromatic heterocycles. The highest BCUT2D eigenvalue weighted by molar-refractivity contribution is 9.10. The lowest BCUT2D eigenvalue weighted by Gasteiger charge is -2.06. The van der Waals surface area contributed by atoms with Gasteiger partial charge in [-0.1, -0.05) is 15.9 Å². The number of imidazole rings is 1. The Morgan fingerprint density at radius 1 is 1.19 bits per heavy atom. The number of aromatic nitrogens is 2. The van der Waals surface area contributed by atoms with Crippen molar-refractivity contribution >= 4 is 43.8 Å². The van der Waals surface area contributed by atoms with E-state index in [1.807, 2.05) is 16.0 Å². The molecule has 0 aliphatic heterocycles. The highest BCUT2D eigenvalue weighted by atomic mass is 79.9. The standard InChI is InChI=1S/C19H12BrF2N3OS/c20-12-3-6-16(15(22)7-12)23-18(26)8-14-10-27-19-24-17(9-25(14)19)11-1-4-13(21)5-2-11/h1-7,9-10H,8H2,(H,23,26). The first-order valence-corrected chi connectivity index (χ1v) is 9.63. The van der Waals surface area contributed by atoms with Crippen molar-refractivity contribution in [1.82, 2.24) is 9.38 Å². The van der Waals surface area contributed by atoms with E-state index in [9.17, 15) is 13.6 Å². The molecule has 2 aromatic carbocycles. The fourth-order valence-electron chi connectivity index (χ4n) is 2.67. The molecule has 0 saturated heterocycles. The zero-order valence-electron chi connectivity index (χ0n) is 13.7. The molecular formula is C19H12BrF2N3OS. The molecule has 0 radical (unpaired) electrons. The van der Waals surface area contributed by atoms with Crippen molar-refractivity contribution in [1.29, 1.82) is 0 Å². The Balaban J connectivity index is 1.55. The molecule has 4 aromatic rings. The van der Waals surface area contributed by atoms with E-state index >= 15 is 0 Å². The summed E-state index contributed by atoms with van der Waals surface area (Å²) >= 11 is 4.58. The third kappa shape index (κ3) is 3.77. The molecular weight excluding hydrogens is 436 g/mol. The number of rotatable bonds is 4. The van der Waals surface area contributed by atoms with Crippen LogP contribution < -0.4 is 5.32 Å². The van der Waals surface area contributed by atoms with Crippen molar-refractivity contribution in [3.63, 3.8) is 0 Å². The van der Waals surface area contributed by atoms with E-state index in [1.54, 1.807) is 18.2 Å². The van der Waals surface area contributed by atoms with Crippen LogP contribution in [-0.4, -0.2) is 15.3 Å². The molecule has 0 saturated carbocycles. The topological polar surface area (TPSA) is 46.4 Å². The second-order valence-corrected chi connectivity index (χ2v) is 7.61. The molecule has 136 valence electrons. The highest BCUT2D eigenvalue weighted by Crippen LogP contribution is 2.25. The molecule has 27 heavy (non-hydrogen) atoms. The first-order chi connectivity index (χ1) is 13.0. The maximum absolute atomic E-state index is 13.9. The van der Waals surface area contributed by atoms with E-state index in [1.165, 1.54) is 35.6 Å². The molecule has 0 fully saturated rings. The predicted molar refractivity (Wildman–Crippen MR) is 105 cm³/mol. The zero-order chi connectivity index (χ0) is 19.0. The quantitative estimate of drug-likeness (QED) is 0.462. The maximum Gasteiger partial charge on any atom is 0.230 e. The van der Waals surface area contributed by atoms with Gasteiger partial charge in [-0.3, -0.25) is 9.20 Å². The molecule has 0 aliphatic carbocycles. The van der Waals surface area contributed by atoms with Gasteiger partial charge in [-0.2, -0.15) is 0 Å². The van der Waals surface area contributed by atoms with Crippen molar-refractivity contribution in [3.05, 3.63) is 75.8 Å². The average molecular weight is 448 g/mol. The van der Waals surface area contributed by atoms with Gasteiger partial charge in [0.25, 0.3) is 0 Å². The maximum atomic E-state index is 13.9. The third-order valence-electron chi connectivity index (χ3n) is 3.97. The van der Waals surface area contributed by atoms with Crippen LogP contribution in [0.2, 0.25) is 0 Å². The molecule has 1 N–H and O–H groups in total. The molecule has 0 atom stereocenters. The number of hydrogen-bond acceptors (Lipinski definition) is 3. The molecule has 4 rings (SSSR count). The molecule has 0 bridgehead atoms. The van der Waals surface area contributed by atoms with Crippen LogP contribution in [0.25, 0.3) is 16.2 Å². The minimum atomic E-state index is -0.505. The average Bonchev–Trinajstić information content (AvgIpc) is 3.20. The lowest BCUT2D eigenvalue weighted by molar-refractivity contribution is -0.115. The number of carbonyl (C=O) groups is 1. The van der Waals surface area contributed by atoms with Crippen molar-refractivity contribution in [2.75, 3.05) is 5.32 Å². The Kier molecular flexibility index (Phi) is 4.75.